The summed E-state index contributed by atoms with van der Waals surface area (Å²) >= 11 is 6.08. The molecule has 0 saturated carbocycles. The number of ether oxygens (including phenoxy) is 1. The molecule has 90 valence electrons. The van der Waals surface area contributed by atoms with Gasteiger partial charge in [0, 0.05) is 24.7 Å². The molecule has 1 aromatic rings. The van der Waals surface area contributed by atoms with Crippen LogP contribution in [0.2, 0.25) is 5.02 Å². The monoisotopic (exact) mass is 242 g/mol. The Hall–Kier alpha value is -0.610. The fourth-order valence-electron chi connectivity index (χ4n) is 1.40. The van der Waals surface area contributed by atoms with Crippen molar-refractivity contribution in [2.45, 2.75) is 6.54 Å². The third-order valence-electron chi connectivity index (χ3n) is 2.28. The van der Waals surface area contributed by atoms with E-state index < -0.39 is 0 Å². The Morgan fingerprint density at radius 3 is 2.75 bits per heavy atom. The molecule has 0 heterocycles. The van der Waals surface area contributed by atoms with Crippen LogP contribution in [-0.4, -0.2) is 38.3 Å². The number of halogens is 1. The number of hydrogen-bond donors (Lipinski definition) is 1. The van der Waals surface area contributed by atoms with Crippen molar-refractivity contribution in [3.63, 3.8) is 0 Å². The summed E-state index contributed by atoms with van der Waals surface area (Å²) in [6.07, 6.45) is 0. The van der Waals surface area contributed by atoms with Crippen molar-refractivity contribution in [1.29, 1.82) is 0 Å². The fraction of sp³-hybridized carbons (Fsp3) is 0.500. The van der Waals surface area contributed by atoms with Crippen molar-refractivity contribution in [2.24, 2.45) is 5.73 Å². The molecule has 0 fully saturated rings. The Bertz CT molecular complexity index is 307. The smallest absolute Gasteiger partial charge is 0.0594 e. The maximum absolute atomic E-state index is 6.08. The predicted molar refractivity (Wildman–Crippen MR) is 67.7 cm³/mol. The molecule has 0 aliphatic carbocycles. The van der Waals surface area contributed by atoms with Crippen LogP contribution in [0, 0.1) is 0 Å². The third kappa shape index (κ3) is 4.94. The number of rotatable bonds is 7. The molecule has 3 nitrogen and oxygen atoms in total. The Morgan fingerprint density at radius 2 is 2.06 bits per heavy atom. The van der Waals surface area contributed by atoms with E-state index in [0.717, 1.165) is 23.7 Å². The second-order valence-corrected chi connectivity index (χ2v) is 4.14. The van der Waals surface area contributed by atoms with E-state index >= 15 is 0 Å². The minimum Gasteiger partial charge on any atom is -0.379 e. The highest BCUT2D eigenvalue weighted by molar-refractivity contribution is 6.31. The highest BCUT2D eigenvalue weighted by Crippen LogP contribution is 2.16. The number of nitrogens with zero attached hydrogens (tertiary/aromatic N) is 1. The summed E-state index contributed by atoms with van der Waals surface area (Å²) in [7, 11) is 2.05. The number of likely N-dealkylation sites (N-methyl/N-ethyl adjacent to an activating group) is 1. The van der Waals surface area contributed by atoms with Gasteiger partial charge in [-0.1, -0.05) is 29.8 Å². The molecule has 4 heteroatoms. The summed E-state index contributed by atoms with van der Waals surface area (Å²) in [5.74, 6) is 0. The van der Waals surface area contributed by atoms with Crippen LogP contribution in [0.15, 0.2) is 24.3 Å². The maximum Gasteiger partial charge on any atom is 0.0594 e. The first-order valence-corrected chi connectivity index (χ1v) is 5.81. The minimum absolute atomic E-state index is 0.578. The van der Waals surface area contributed by atoms with Crippen LogP contribution in [0.5, 0.6) is 0 Å². The molecule has 16 heavy (non-hydrogen) atoms. The molecule has 1 aromatic carbocycles. The lowest BCUT2D eigenvalue weighted by molar-refractivity contribution is 0.115. The molecule has 1 rings (SSSR count). The van der Waals surface area contributed by atoms with Gasteiger partial charge in [-0.05, 0) is 18.7 Å². The van der Waals surface area contributed by atoms with Crippen LogP contribution in [0.3, 0.4) is 0 Å². The first-order chi connectivity index (χ1) is 7.74. The maximum atomic E-state index is 6.08. The molecule has 0 atom stereocenters. The van der Waals surface area contributed by atoms with E-state index in [1.807, 2.05) is 24.3 Å². The molecule has 0 aromatic heterocycles. The molecule has 0 unspecified atom stereocenters. The van der Waals surface area contributed by atoms with Gasteiger partial charge in [-0.2, -0.15) is 0 Å². The number of benzene rings is 1. The summed E-state index contributed by atoms with van der Waals surface area (Å²) in [6, 6.07) is 7.89. The Morgan fingerprint density at radius 1 is 1.31 bits per heavy atom. The second kappa shape index (κ2) is 7.63. The van der Waals surface area contributed by atoms with Crippen molar-refractivity contribution < 1.29 is 4.74 Å². The first-order valence-electron chi connectivity index (χ1n) is 5.44. The Balaban J connectivity index is 2.28. The largest absolute Gasteiger partial charge is 0.379 e. The van der Waals surface area contributed by atoms with Crippen molar-refractivity contribution in [3.8, 4) is 0 Å². The van der Waals surface area contributed by atoms with Crippen molar-refractivity contribution in [3.05, 3.63) is 34.9 Å². The molecule has 0 spiro atoms. The molecule has 0 bridgehead atoms. The molecule has 0 aliphatic heterocycles. The Labute approximate surface area is 102 Å². The third-order valence-corrected chi connectivity index (χ3v) is 2.65. The van der Waals surface area contributed by atoms with Gasteiger partial charge >= 0.3 is 0 Å². The molecule has 0 amide bonds. The molecular formula is C12H19ClN2O. The van der Waals surface area contributed by atoms with Crippen LogP contribution in [0.4, 0.5) is 0 Å². The average molecular weight is 243 g/mol. The molecule has 0 radical (unpaired) electrons. The quantitative estimate of drug-likeness (QED) is 0.741. The first kappa shape index (κ1) is 13.5. The van der Waals surface area contributed by atoms with Crippen molar-refractivity contribution in [1.82, 2.24) is 4.90 Å². The molecule has 0 aliphatic rings. The highest BCUT2D eigenvalue weighted by atomic mass is 35.5. The van der Waals surface area contributed by atoms with E-state index in [1.165, 1.54) is 0 Å². The molecule has 0 saturated heterocycles. The second-order valence-electron chi connectivity index (χ2n) is 3.73. The fourth-order valence-corrected chi connectivity index (χ4v) is 1.60. The summed E-state index contributed by atoms with van der Waals surface area (Å²) < 4.78 is 5.32. The zero-order chi connectivity index (χ0) is 11.8. The van der Waals surface area contributed by atoms with Gasteiger partial charge in [0.1, 0.15) is 0 Å². The van der Waals surface area contributed by atoms with Gasteiger partial charge in [0.15, 0.2) is 0 Å². The molecule has 2 N–H and O–H groups in total. The van der Waals surface area contributed by atoms with Crippen LogP contribution >= 0.6 is 11.6 Å². The Kier molecular flexibility index (Phi) is 6.42. The van der Waals surface area contributed by atoms with Crippen LogP contribution in [-0.2, 0) is 11.3 Å². The van der Waals surface area contributed by atoms with E-state index in [9.17, 15) is 0 Å². The van der Waals surface area contributed by atoms with Gasteiger partial charge in [0.05, 0.1) is 13.2 Å². The topological polar surface area (TPSA) is 38.5 Å². The van der Waals surface area contributed by atoms with Gasteiger partial charge in [-0.15, -0.1) is 0 Å². The van der Waals surface area contributed by atoms with Gasteiger partial charge in [-0.25, -0.2) is 0 Å². The lowest BCUT2D eigenvalue weighted by atomic mass is 10.2. The lowest BCUT2D eigenvalue weighted by Crippen LogP contribution is -2.24. The number of hydrogen-bond acceptors (Lipinski definition) is 3. The average Bonchev–Trinajstić information content (AvgIpc) is 2.28. The van der Waals surface area contributed by atoms with Crippen molar-refractivity contribution in [2.75, 3.05) is 33.4 Å². The van der Waals surface area contributed by atoms with Crippen LogP contribution in [0.1, 0.15) is 5.56 Å². The van der Waals surface area contributed by atoms with Gasteiger partial charge in [0.2, 0.25) is 0 Å². The standard InChI is InChI=1S/C12H19ClN2O/c1-15(7-9-16-8-6-14)10-11-4-2-3-5-12(11)13/h2-5H,6-10,14H2,1H3. The van der Waals surface area contributed by atoms with Crippen LogP contribution in [0.25, 0.3) is 0 Å². The minimum atomic E-state index is 0.578. The molecular weight excluding hydrogens is 224 g/mol. The van der Waals surface area contributed by atoms with Crippen LogP contribution < -0.4 is 5.73 Å². The van der Waals surface area contributed by atoms with Gasteiger partial charge in [-0.3, -0.25) is 4.90 Å². The SMILES string of the molecule is CN(CCOCCN)Cc1ccccc1Cl. The van der Waals surface area contributed by atoms with E-state index in [1.54, 1.807) is 0 Å². The zero-order valence-electron chi connectivity index (χ0n) is 9.66. The summed E-state index contributed by atoms with van der Waals surface area (Å²) in [6.45, 7) is 3.63. The lowest BCUT2D eigenvalue weighted by Gasteiger charge is -2.17. The van der Waals surface area contributed by atoms with E-state index in [4.69, 9.17) is 22.1 Å². The summed E-state index contributed by atoms with van der Waals surface area (Å²) in [4.78, 5) is 2.18. The van der Waals surface area contributed by atoms with Gasteiger partial charge in [0.25, 0.3) is 0 Å². The van der Waals surface area contributed by atoms with E-state index in [0.29, 0.717) is 19.8 Å². The zero-order valence-corrected chi connectivity index (χ0v) is 10.4. The van der Waals surface area contributed by atoms with E-state index in [2.05, 4.69) is 11.9 Å². The predicted octanol–water partition coefficient (Wildman–Crippen LogP) is 1.75. The van der Waals surface area contributed by atoms with Crippen molar-refractivity contribution >= 4 is 11.6 Å². The summed E-state index contributed by atoms with van der Waals surface area (Å²) in [5.41, 5.74) is 6.48. The van der Waals surface area contributed by atoms with Gasteiger partial charge < -0.3 is 10.5 Å². The number of nitrogens with two attached hydrogens (primary N) is 1. The summed E-state index contributed by atoms with van der Waals surface area (Å²) in [5, 5.41) is 0.817. The highest BCUT2D eigenvalue weighted by Gasteiger charge is 2.03. The van der Waals surface area contributed by atoms with E-state index in [-0.39, 0.29) is 0 Å². The normalized spacial score (nSPS) is 11.0.